The second kappa shape index (κ2) is 3.88. The Morgan fingerprint density at radius 3 is 3.07 bits per heavy atom. The minimum absolute atomic E-state index is 0.0277. The number of pyridine rings is 1. The van der Waals surface area contributed by atoms with E-state index >= 15 is 0 Å². The summed E-state index contributed by atoms with van der Waals surface area (Å²) in [5, 5.41) is 0. The van der Waals surface area contributed by atoms with Crippen molar-refractivity contribution in [2.45, 2.75) is 25.8 Å². The third-order valence-corrected chi connectivity index (χ3v) is 2.90. The van der Waals surface area contributed by atoms with Crippen molar-refractivity contribution >= 4 is 11.6 Å². The molecule has 2 heterocycles. The lowest BCUT2D eigenvalue weighted by Gasteiger charge is -2.21. The molecular formula is C11H15N3O. The molecule has 2 N–H and O–H groups in total. The van der Waals surface area contributed by atoms with E-state index in [1.165, 1.54) is 6.20 Å². The zero-order chi connectivity index (χ0) is 10.8. The number of hydrogen-bond donors (Lipinski definition) is 1. The molecule has 15 heavy (non-hydrogen) atoms. The average Bonchev–Trinajstić information content (AvgIpc) is 2.64. The maximum Gasteiger partial charge on any atom is 0.256 e. The predicted octanol–water partition coefficient (Wildman–Crippen LogP) is 1.29. The fourth-order valence-electron chi connectivity index (χ4n) is 1.99. The Balaban J connectivity index is 2.24. The molecule has 1 aromatic rings. The van der Waals surface area contributed by atoms with Crippen LogP contribution in [-0.4, -0.2) is 28.4 Å². The molecule has 1 aliphatic rings. The van der Waals surface area contributed by atoms with Crippen LogP contribution in [0.25, 0.3) is 0 Å². The maximum absolute atomic E-state index is 12.1. The zero-order valence-corrected chi connectivity index (χ0v) is 8.81. The van der Waals surface area contributed by atoms with Crippen LogP contribution in [0.1, 0.15) is 30.1 Å². The van der Waals surface area contributed by atoms with Crippen LogP contribution >= 0.6 is 0 Å². The van der Waals surface area contributed by atoms with Crippen LogP contribution in [0.2, 0.25) is 0 Å². The van der Waals surface area contributed by atoms with Gasteiger partial charge in [-0.05, 0) is 25.8 Å². The van der Waals surface area contributed by atoms with Crippen molar-refractivity contribution < 1.29 is 4.79 Å². The van der Waals surface area contributed by atoms with Gasteiger partial charge in [-0.15, -0.1) is 0 Å². The van der Waals surface area contributed by atoms with Gasteiger partial charge < -0.3 is 10.6 Å². The second-order valence-electron chi connectivity index (χ2n) is 3.95. The quantitative estimate of drug-likeness (QED) is 0.751. The first kappa shape index (κ1) is 9.96. The SMILES string of the molecule is CC1CCCN1C(=O)c1ccncc1N. The molecule has 1 aliphatic heterocycles. The first-order valence-electron chi connectivity index (χ1n) is 5.20. The highest BCUT2D eigenvalue weighted by Gasteiger charge is 2.26. The summed E-state index contributed by atoms with van der Waals surface area (Å²) in [5.74, 6) is 0.0277. The number of carbonyl (C=O) groups excluding carboxylic acids is 1. The molecule has 0 radical (unpaired) electrons. The third-order valence-electron chi connectivity index (χ3n) is 2.90. The number of hydrogen-bond acceptors (Lipinski definition) is 3. The highest BCUT2D eigenvalue weighted by Crippen LogP contribution is 2.21. The second-order valence-corrected chi connectivity index (χ2v) is 3.95. The summed E-state index contributed by atoms with van der Waals surface area (Å²) in [6, 6.07) is 2.01. The van der Waals surface area contributed by atoms with Crippen LogP contribution in [0.5, 0.6) is 0 Å². The number of nitrogen functional groups attached to an aromatic ring is 1. The van der Waals surface area contributed by atoms with Gasteiger partial charge in [0.25, 0.3) is 5.91 Å². The van der Waals surface area contributed by atoms with Gasteiger partial charge in [0.1, 0.15) is 0 Å². The van der Waals surface area contributed by atoms with Crippen molar-refractivity contribution in [3.8, 4) is 0 Å². The van der Waals surface area contributed by atoms with Gasteiger partial charge in [0.15, 0.2) is 0 Å². The Morgan fingerprint density at radius 1 is 1.67 bits per heavy atom. The molecule has 2 rings (SSSR count). The predicted molar refractivity (Wildman–Crippen MR) is 58.4 cm³/mol. The molecule has 1 unspecified atom stereocenters. The molecule has 0 aliphatic carbocycles. The minimum Gasteiger partial charge on any atom is -0.397 e. The summed E-state index contributed by atoms with van der Waals surface area (Å²) in [6.45, 7) is 2.91. The lowest BCUT2D eigenvalue weighted by atomic mass is 10.2. The first-order chi connectivity index (χ1) is 7.20. The number of anilines is 1. The van der Waals surface area contributed by atoms with Gasteiger partial charge >= 0.3 is 0 Å². The van der Waals surface area contributed by atoms with E-state index in [0.717, 1.165) is 19.4 Å². The lowest BCUT2D eigenvalue weighted by Crippen LogP contribution is -2.34. The average molecular weight is 205 g/mol. The Kier molecular flexibility index (Phi) is 2.58. The molecular weight excluding hydrogens is 190 g/mol. The fraction of sp³-hybridized carbons (Fsp3) is 0.455. The number of nitrogens with zero attached hydrogens (tertiary/aromatic N) is 2. The van der Waals surface area contributed by atoms with Crippen LogP contribution in [-0.2, 0) is 0 Å². The summed E-state index contributed by atoms with van der Waals surface area (Å²) in [7, 11) is 0. The number of nitrogens with two attached hydrogens (primary N) is 1. The normalized spacial score (nSPS) is 20.6. The van der Waals surface area contributed by atoms with Gasteiger partial charge in [0.05, 0.1) is 17.4 Å². The number of aromatic nitrogens is 1. The van der Waals surface area contributed by atoms with Gasteiger partial charge in [-0.25, -0.2) is 0 Å². The highest BCUT2D eigenvalue weighted by atomic mass is 16.2. The van der Waals surface area contributed by atoms with Crippen LogP contribution in [0, 0.1) is 0 Å². The Morgan fingerprint density at radius 2 is 2.47 bits per heavy atom. The molecule has 4 nitrogen and oxygen atoms in total. The van der Waals surface area contributed by atoms with E-state index in [1.807, 2.05) is 4.90 Å². The van der Waals surface area contributed by atoms with Crippen LogP contribution < -0.4 is 5.73 Å². The Hall–Kier alpha value is -1.58. The van der Waals surface area contributed by atoms with Crippen molar-refractivity contribution in [1.29, 1.82) is 0 Å². The molecule has 0 bridgehead atoms. The first-order valence-corrected chi connectivity index (χ1v) is 5.20. The van der Waals surface area contributed by atoms with E-state index < -0.39 is 0 Å². The molecule has 0 aromatic carbocycles. The van der Waals surface area contributed by atoms with Gasteiger partial charge in [-0.1, -0.05) is 0 Å². The standard InChI is InChI=1S/C11H15N3O/c1-8-3-2-6-14(8)11(15)9-4-5-13-7-10(9)12/h4-5,7-8H,2-3,6,12H2,1H3. The molecule has 1 saturated heterocycles. The summed E-state index contributed by atoms with van der Waals surface area (Å²) >= 11 is 0. The molecule has 1 aromatic heterocycles. The van der Waals surface area contributed by atoms with Gasteiger partial charge in [0.2, 0.25) is 0 Å². The third kappa shape index (κ3) is 1.79. The van der Waals surface area contributed by atoms with Gasteiger partial charge in [0, 0.05) is 18.8 Å². The summed E-state index contributed by atoms with van der Waals surface area (Å²) in [5.41, 5.74) is 6.75. The number of amides is 1. The Bertz CT molecular complexity index is 378. The minimum atomic E-state index is 0.0277. The Labute approximate surface area is 89.1 Å². The van der Waals surface area contributed by atoms with Gasteiger partial charge in [-0.3, -0.25) is 9.78 Å². The van der Waals surface area contributed by atoms with Crippen molar-refractivity contribution in [3.63, 3.8) is 0 Å². The van der Waals surface area contributed by atoms with E-state index in [0.29, 0.717) is 17.3 Å². The fourth-order valence-corrected chi connectivity index (χ4v) is 1.99. The molecule has 1 atom stereocenters. The molecule has 1 amide bonds. The molecule has 80 valence electrons. The number of carbonyl (C=O) groups is 1. The monoisotopic (exact) mass is 205 g/mol. The van der Waals surface area contributed by atoms with Crippen LogP contribution in [0.4, 0.5) is 5.69 Å². The molecule has 1 fully saturated rings. The van der Waals surface area contributed by atoms with Crippen molar-refractivity contribution in [2.24, 2.45) is 0 Å². The number of likely N-dealkylation sites (tertiary alicyclic amines) is 1. The zero-order valence-electron chi connectivity index (χ0n) is 8.81. The van der Waals surface area contributed by atoms with Crippen LogP contribution in [0.3, 0.4) is 0 Å². The summed E-state index contributed by atoms with van der Waals surface area (Å²) < 4.78 is 0. The van der Waals surface area contributed by atoms with E-state index in [1.54, 1.807) is 12.3 Å². The highest BCUT2D eigenvalue weighted by molar-refractivity contribution is 5.99. The van der Waals surface area contributed by atoms with Crippen molar-refractivity contribution in [3.05, 3.63) is 24.0 Å². The number of rotatable bonds is 1. The van der Waals surface area contributed by atoms with E-state index in [2.05, 4.69) is 11.9 Å². The largest absolute Gasteiger partial charge is 0.397 e. The maximum atomic E-state index is 12.1. The van der Waals surface area contributed by atoms with Crippen molar-refractivity contribution in [2.75, 3.05) is 12.3 Å². The van der Waals surface area contributed by atoms with Crippen molar-refractivity contribution in [1.82, 2.24) is 9.88 Å². The smallest absolute Gasteiger partial charge is 0.256 e. The summed E-state index contributed by atoms with van der Waals surface area (Å²) in [6.07, 6.45) is 5.28. The lowest BCUT2D eigenvalue weighted by molar-refractivity contribution is 0.0748. The van der Waals surface area contributed by atoms with E-state index in [4.69, 9.17) is 5.73 Å². The van der Waals surface area contributed by atoms with E-state index in [9.17, 15) is 4.79 Å². The summed E-state index contributed by atoms with van der Waals surface area (Å²) in [4.78, 5) is 17.9. The molecule has 4 heteroatoms. The molecule has 0 saturated carbocycles. The van der Waals surface area contributed by atoms with Crippen LogP contribution in [0.15, 0.2) is 18.5 Å². The van der Waals surface area contributed by atoms with E-state index in [-0.39, 0.29) is 5.91 Å². The topological polar surface area (TPSA) is 59.2 Å². The van der Waals surface area contributed by atoms with Gasteiger partial charge in [-0.2, -0.15) is 0 Å². The molecule has 0 spiro atoms.